The third-order valence-corrected chi connectivity index (χ3v) is 3.81. The molecule has 0 radical (unpaired) electrons. The second kappa shape index (κ2) is 6.79. The zero-order valence-electron chi connectivity index (χ0n) is 12.1. The van der Waals surface area contributed by atoms with Crippen LogP contribution >= 0.6 is 23.2 Å². The number of aromatic nitrogens is 4. The highest BCUT2D eigenvalue weighted by Gasteiger charge is 2.28. The van der Waals surface area contributed by atoms with Gasteiger partial charge in [-0.3, -0.25) is 4.79 Å². The molecule has 1 aromatic heterocycles. The van der Waals surface area contributed by atoms with Gasteiger partial charge < -0.3 is 0 Å². The van der Waals surface area contributed by atoms with Crippen LogP contribution in [0.15, 0.2) is 48.5 Å². The molecule has 1 atom stereocenters. The molecule has 0 aliphatic carbocycles. The number of rotatable bonds is 4. The summed E-state index contributed by atoms with van der Waals surface area (Å²) in [6, 6.07) is 15.1. The second-order valence-corrected chi connectivity index (χ2v) is 5.73. The van der Waals surface area contributed by atoms with E-state index in [0.717, 1.165) is 0 Å². The Labute approximate surface area is 147 Å². The molecular weight excluding hydrogens is 349 g/mol. The molecule has 0 amide bonds. The van der Waals surface area contributed by atoms with E-state index in [1.165, 1.54) is 10.7 Å². The number of Topliss-reactive ketones (excluding diaryl/α,β-unsaturated/α-hetero) is 1. The molecule has 24 heavy (non-hydrogen) atoms. The van der Waals surface area contributed by atoms with Gasteiger partial charge in [0.15, 0.2) is 17.5 Å². The van der Waals surface area contributed by atoms with Crippen molar-refractivity contribution in [1.29, 1.82) is 5.26 Å². The Bertz CT molecular complexity index is 930. The summed E-state index contributed by atoms with van der Waals surface area (Å²) < 4.78 is 1.34. The molecule has 0 fully saturated rings. The number of nitriles is 1. The molecule has 0 spiro atoms. The van der Waals surface area contributed by atoms with Gasteiger partial charge >= 0.3 is 0 Å². The predicted octanol–water partition coefficient (Wildman–Crippen LogP) is 3.46. The van der Waals surface area contributed by atoms with Crippen molar-refractivity contribution in [2.75, 3.05) is 0 Å². The molecule has 3 aromatic rings. The minimum Gasteiger partial charge on any atom is -0.292 e. The van der Waals surface area contributed by atoms with Crippen molar-refractivity contribution in [1.82, 2.24) is 20.2 Å². The van der Waals surface area contributed by atoms with Crippen molar-refractivity contribution < 1.29 is 4.79 Å². The fourth-order valence-corrected chi connectivity index (χ4v) is 2.50. The van der Waals surface area contributed by atoms with Gasteiger partial charge in [0.05, 0.1) is 11.8 Å². The monoisotopic (exact) mass is 357 g/mol. The number of benzene rings is 2. The smallest absolute Gasteiger partial charge is 0.187 e. The number of hydrogen-bond donors (Lipinski definition) is 0. The molecule has 2 aromatic carbocycles. The van der Waals surface area contributed by atoms with Gasteiger partial charge in [-0.25, -0.2) is 0 Å². The Morgan fingerprint density at radius 3 is 2.54 bits per heavy atom. The summed E-state index contributed by atoms with van der Waals surface area (Å²) in [6.07, 6.45) is 0. The topological polar surface area (TPSA) is 84.5 Å². The van der Waals surface area contributed by atoms with Crippen LogP contribution in [0, 0.1) is 11.3 Å². The van der Waals surface area contributed by atoms with Gasteiger partial charge in [0.25, 0.3) is 0 Å². The maximum absolute atomic E-state index is 12.7. The van der Waals surface area contributed by atoms with Gasteiger partial charge in [0.2, 0.25) is 0 Å². The Morgan fingerprint density at radius 1 is 1.12 bits per heavy atom. The van der Waals surface area contributed by atoms with Gasteiger partial charge in [-0.2, -0.15) is 9.94 Å². The van der Waals surface area contributed by atoms with Crippen molar-refractivity contribution >= 4 is 29.0 Å². The van der Waals surface area contributed by atoms with Gasteiger partial charge in [-0.1, -0.05) is 35.3 Å². The first-order valence-corrected chi connectivity index (χ1v) is 7.59. The summed E-state index contributed by atoms with van der Waals surface area (Å²) in [7, 11) is 0. The maximum atomic E-state index is 12.7. The Balaban J connectivity index is 2.01. The highest BCUT2D eigenvalue weighted by atomic mass is 35.5. The van der Waals surface area contributed by atoms with Crippen LogP contribution in [0.2, 0.25) is 10.0 Å². The second-order valence-electron chi connectivity index (χ2n) is 4.86. The highest BCUT2D eigenvalue weighted by Crippen LogP contribution is 2.23. The first-order chi connectivity index (χ1) is 11.6. The molecule has 0 aliphatic rings. The standard InChI is InChI=1S/C16H9Cl2N5O/c17-11-4-6-13(7-5-11)23-16(20-21-22-23)14(9-19)15(24)10-2-1-3-12(18)8-10/h1-8,14H. The Hall–Kier alpha value is -2.75. The van der Waals surface area contributed by atoms with Crippen LogP contribution in [0.3, 0.4) is 0 Å². The number of carbonyl (C=O) groups is 1. The third kappa shape index (κ3) is 3.13. The third-order valence-electron chi connectivity index (χ3n) is 3.32. The van der Waals surface area contributed by atoms with Gasteiger partial charge in [0, 0.05) is 15.6 Å². The zero-order chi connectivity index (χ0) is 17.1. The van der Waals surface area contributed by atoms with E-state index in [0.29, 0.717) is 21.3 Å². The minimum absolute atomic E-state index is 0.129. The van der Waals surface area contributed by atoms with Gasteiger partial charge in [-0.15, -0.1) is 5.10 Å². The molecule has 0 bridgehead atoms. The lowest BCUT2D eigenvalue weighted by Gasteiger charge is -2.09. The lowest BCUT2D eigenvalue weighted by molar-refractivity contribution is 0.0975. The van der Waals surface area contributed by atoms with Crippen LogP contribution in [-0.4, -0.2) is 26.0 Å². The largest absolute Gasteiger partial charge is 0.292 e. The van der Waals surface area contributed by atoms with Crippen molar-refractivity contribution in [2.45, 2.75) is 5.92 Å². The number of ketones is 1. The number of hydrogen-bond acceptors (Lipinski definition) is 5. The summed E-state index contributed by atoms with van der Waals surface area (Å²) in [5.41, 5.74) is 0.915. The summed E-state index contributed by atoms with van der Waals surface area (Å²) in [6.45, 7) is 0. The van der Waals surface area contributed by atoms with E-state index in [9.17, 15) is 10.1 Å². The average Bonchev–Trinajstić information content (AvgIpc) is 3.05. The lowest BCUT2D eigenvalue weighted by atomic mass is 9.98. The molecule has 3 rings (SSSR count). The van der Waals surface area contributed by atoms with E-state index in [4.69, 9.17) is 23.2 Å². The van der Waals surface area contributed by atoms with Crippen molar-refractivity contribution in [2.24, 2.45) is 0 Å². The van der Waals surface area contributed by atoms with E-state index < -0.39 is 11.7 Å². The van der Waals surface area contributed by atoms with Crippen LogP contribution < -0.4 is 0 Å². The van der Waals surface area contributed by atoms with Crippen LogP contribution in [0.5, 0.6) is 0 Å². The molecule has 0 aliphatic heterocycles. The molecule has 0 saturated carbocycles. The first-order valence-electron chi connectivity index (χ1n) is 6.84. The molecule has 1 unspecified atom stereocenters. The number of tetrazole rings is 1. The normalized spacial score (nSPS) is 11.7. The summed E-state index contributed by atoms with van der Waals surface area (Å²) in [4.78, 5) is 12.7. The lowest BCUT2D eigenvalue weighted by Crippen LogP contribution is -2.16. The van der Waals surface area contributed by atoms with Crippen molar-refractivity contribution in [3.63, 3.8) is 0 Å². The number of nitrogens with zero attached hydrogens (tertiary/aromatic N) is 5. The molecule has 0 N–H and O–H groups in total. The van der Waals surface area contributed by atoms with Crippen LogP contribution in [0.4, 0.5) is 0 Å². The van der Waals surface area contributed by atoms with E-state index in [2.05, 4.69) is 15.5 Å². The highest BCUT2D eigenvalue weighted by molar-refractivity contribution is 6.31. The molecule has 8 heteroatoms. The Morgan fingerprint density at radius 2 is 1.88 bits per heavy atom. The quantitative estimate of drug-likeness (QED) is 0.667. The average molecular weight is 358 g/mol. The minimum atomic E-state index is -1.16. The maximum Gasteiger partial charge on any atom is 0.187 e. The predicted molar refractivity (Wildman–Crippen MR) is 88.3 cm³/mol. The van der Waals surface area contributed by atoms with Crippen LogP contribution in [-0.2, 0) is 0 Å². The summed E-state index contributed by atoms with van der Waals surface area (Å²) >= 11 is 11.8. The molecule has 1 heterocycles. The fraction of sp³-hybridized carbons (Fsp3) is 0.0625. The number of carbonyl (C=O) groups excluding carboxylic acids is 1. The zero-order valence-corrected chi connectivity index (χ0v) is 13.6. The van der Waals surface area contributed by atoms with Crippen molar-refractivity contribution in [3.05, 3.63) is 70.0 Å². The molecular formula is C16H9Cl2N5O. The fourth-order valence-electron chi connectivity index (χ4n) is 2.18. The van der Waals surface area contributed by atoms with E-state index in [1.807, 2.05) is 6.07 Å². The van der Waals surface area contributed by atoms with E-state index >= 15 is 0 Å². The first kappa shape index (κ1) is 16.1. The summed E-state index contributed by atoms with van der Waals surface area (Å²) in [5.74, 6) is -1.45. The van der Waals surface area contributed by atoms with E-state index in [1.54, 1.807) is 42.5 Å². The van der Waals surface area contributed by atoms with Gasteiger partial charge in [-0.05, 0) is 46.8 Å². The van der Waals surface area contributed by atoms with Crippen LogP contribution in [0.25, 0.3) is 5.69 Å². The molecule has 118 valence electrons. The summed E-state index contributed by atoms with van der Waals surface area (Å²) in [5, 5.41) is 21.7. The van der Waals surface area contributed by atoms with Crippen molar-refractivity contribution in [3.8, 4) is 11.8 Å². The van der Waals surface area contributed by atoms with Crippen LogP contribution in [0.1, 0.15) is 22.1 Å². The molecule has 6 nitrogen and oxygen atoms in total. The number of halogens is 2. The molecule has 0 saturated heterocycles. The van der Waals surface area contributed by atoms with E-state index in [-0.39, 0.29) is 5.82 Å². The Kier molecular flexibility index (Phi) is 4.56. The van der Waals surface area contributed by atoms with Gasteiger partial charge in [0.1, 0.15) is 0 Å². The SMILES string of the molecule is N#CC(C(=O)c1cccc(Cl)c1)c1nnnn1-c1ccc(Cl)cc1.